The summed E-state index contributed by atoms with van der Waals surface area (Å²) in [5.74, 6) is -0.410. The van der Waals surface area contributed by atoms with E-state index in [1.165, 1.54) is 12.8 Å². The number of pyridine rings is 1. The van der Waals surface area contributed by atoms with Crippen LogP contribution in [0.5, 0.6) is 5.75 Å². The van der Waals surface area contributed by atoms with Crippen molar-refractivity contribution in [2.75, 3.05) is 7.05 Å². The number of aliphatic hydroxyl groups is 1. The Morgan fingerprint density at radius 3 is 2.71 bits per heavy atom. The standard InChI is InChI=1S/C25H36N4O5/c1-16-23(34-19-10-6-7-17(13-19)24(30)31)12-11-21(27-16)20-14-26-29(3)22(20)15-33-25(32)28(2)18-8-4-5-9-18/h11-12,14,17-19,25,32H,4-10,13,15H2,1-3H3,(H,30,31)/t17-,19-,25?/m0/s1. The number of ether oxygens (including phenoxy) is 2. The Labute approximate surface area is 200 Å². The van der Waals surface area contributed by atoms with Gasteiger partial charge in [-0.3, -0.25) is 14.4 Å². The number of aromatic nitrogens is 3. The first-order valence-corrected chi connectivity index (χ1v) is 12.2. The van der Waals surface area contributed by atoms with Gasteiger partial charge in [0.1, 0.15) is 5.75 Å². The molecule has 0 aromatic carbocycles. The number of carbonyl (C=O) groups is 1. The Kier molecular flexibility index (Phi) is 7.85. The molecular formula is C25H36N4O5. The lowest BCUT2D eigenvalue weighted by Crippen LogP contribution is -2.40. The van der Waals surface area contributed by atoms with Crippen LogP contribution >= 0.6 is 0 Å². The molecule has 1 unspecified atom stereocenters. The third-order valence-electron chi connectivity index (χ3n) is 7.26. The van der Waals surface area contributed by atoms with E-state index in [0.29, 0.717) is 24.6 Å². The molecule has 4 rings (SSSR count). The van der Waals surface area contributed by atoms with Crippen LogP contribution in [-0.4, -0.2) is 61.5 Å². The van der Waals surface area contributed by atoms with Gasteiger partial charge < -0.3 is 19.7 Å². The van der Waals surface area contributed by atoms with Gasteiger partial charge in [-0.2, -0.15) is 5.10 Å². The van der Waals surface area contributed by atoms with Gasteiger partial charge in [0.15, 0.2) is 0 Å². The van der Waals surface area contributed by atoms with Crippen LogP contribution in [0.25, 0.3) is 11.3 Å². The molecule has 0 bridgehead atoms. The summed E-state index contributed by atoms with van der Waals surface area (Å²) in [5.41, 5.74) is 3.17. The number of carboxylic acid groups (broad SMARTS) is 1. The molecule has 2 aromatic heterocycles. The molecule has 9 nitrogen and oxygen atoms in total. The molecule has 2 aliphatic carbocycles. The number of aliphatic carboxylic acids is 1. The van der Waals surface area contributed by atoms with Gasteiger partial charge in [0.25, 0.3) is 0 Å². The van der Waals surface area contributed by atoms with Crippen LogP contribution < -0.4 is 4.74 Å². The van der Waals surface area contributed by atoms with Crippen LogP contribution in [-0.2, 0) is 23.2 Å². The minimum absolute atomic E-state index is 0.109. The second-order valence-electron chi connectivity index (χ2n) is 9.59. The molecule has 0 radical (unpaired) electrons. The fraction of sp³-hybridized carbons (Fsp3) is 0.640. The molecule has 0 spiro atoms. The quantitative estimate of drug-likeness (QED) is 0.534. The van der Waals surface area contributed by atoms with Crippen LogP contribution in [0.15, 0.2) is 18.3 Å². The third kappa shape index (κ3) is 5.59. The summed E-state index contributed by atoms with van der Waals surface area (Å²) < 4.78 is 13.7. The van der Waals surface area contributed by atoms with Crippen molar-refractivity contribution in [2.45, 2.75) is 83.5 Å². The van der Waals surface area contributed by atoms with Gasteiger partial charge in [-0.25, -0.2) is 4.98 Å². The van der Waals surface area contributed by atoms with Crippen LogP contribution in [0.1, 0.15) is 62.8 Å². The molecule has 2 saturated carbocycles. The Bertz CT molecular complexity index is 988. The largest absolute Gasteiger partial charge is 0.489 e. The smallest absolute Gasteiger partial charge is 0.306 e. The van der Waals surface area contributed by atoms with Crippen molar-refractivity contribution in [3.63, 3.8) is 0 Å². The lowest BCUT2D eigenvalue weighted by molar-refractivity contribution is -0.203. The molecule has 2 heterocycles. The summed E-state index contributed by atoms with van der Waals surface area (Å²) in [6, 6.07) is 4.14. The summed E-state index contributed by atoms with van der Waals surface area (Å²) in [6.07, 6.45) is 8.18. The van der Waals surface area contributed by atoms with Crippen molar-refractivity contribution in [2.24, 2.45) is 13.0 Å². The van der Waals surface area contributed by atoms with Crippen molar-refractivity contribution in [3.05, 3.63) is 29.7 Å². The average Bonchev–Trinajstić information content (AvgIpc) is 3.48. The SMILES string of the molecule is Cc1nc(-c2cnn(C)c2COC(O)N(C)C2CCCC2)ccc1O[C@H]1CCC[C@H](C(=O)O)C1. The molecule has 9 heteroatoms. The van der Waals surface area contributed by atoms with Gasteiger partial charge in [0.2, 0.25) is 6.41 Å². The van der Waals surface area contributed by atoms with Gasteiger partial charge in [-0.15, -0.1) is 0 Å². The van der Waals surface area contributed by atoms with E-state index in [-0.39, 0.29) is 18.6 Å². The monoisotopic (exact) mass is 472 g/mol. The second-order valence-corrected chi connectivity index (χ2v) is 9.59. The van der Waals surface area contributed by atoms with Crippen molar-refractivity contribution >= 4 is 5.97 Å². The maximum absolute atomic E-state index is 11.3. The molecule has 2 fully saturated rings. The summed E-state index contributed by atoms with van der Waals surface area (Å²) in [5, 5.41) is 24.2. The average molecular weight is 473 g/mol. The Morgan fingerprint density at radius 1 is 1.24 bits per heavy atom. The van der Waals surface area contributed by atoms with Crippen LogP contribution in [0, 0.1) is 12.8 Å². The zero-order valence-corrected chi connectivity index (χ0v) is 20.3. The van der Waals surface area contributed by atoms with Crippen molar-refractivity contribution in [1.29, 1.82) is 0 Å². The maximum atomic E-state index is 11.3. The van der Waals surface area contributed by atoms with E-state index < -0.39 is 12.4 Å². The topological polar surface area (TPSA) is 110 Å². The molecule has 0 amide bonds. The first kappa shape index (κ1) is 24.6. The predicted octanol–water partition coefficient (Wildman–Crippen LogP) is 3.48. The van der Waals surface area contributed by atoms with Gasteiger partial charge in [-0.05, 0) is 64.6 Å². The lowest BCUT2D eigenvalue weighted by Gasteiger charge is -2.29. The Balaban J connectivity index is 1.42. The number of nitrogens with zero attached hydrogens (tertiary/aromatic N) is 4. The molecule has 34 heavy (non-hydrogen) atoms. The first-order valence-electron chi connectivity index (χ1n) is 12.2. The third-order valence-corrected chi connectivity index (χ3v) is 7.26. The van der Waals surface area contributed by atoms with Crippen LogP contribution in [0.4, 0.5) is 0 Å². The van der Waals surface area contributed by atoms with E-state index >= 15 is 0 Å². The summed E-state index contributed by atoms with van der Waals surface area (Å²) in [4.78, 5) is 18.0. The molecule has 3 atom stereocenters. The van der Waals surface area contributed by atoms with E-state index in [1.807, 2.05) is 38.1 Å². The highest BCUT2D eigenvalue weighted by atomic mass is 16.6. The van der Waals surface area contributed by atoms with Crippen molar-refractivity contribution in [1.82, 2.24) is 19.7 Å². The normalized spacial score (nSPS) is 22.3. The number of aliphatic hydroxyl groups excluding tert-OH is 1. The fourth-order valence-corrected chi connectivity index (χ4v) is 5.09. The minimum atomic E-state index is -0.971. The van der Waals surface area contributed by atoms with Crippen LogP contribution in [0.2, 0.25) is 0 Å². The molecule has 186 valence electrons. The molecule has 2 N–H and O–H groups in total. The summed E-state index contributed by atoms with van der Waals surface area (Å²) >= 11 is 0. The van der Waals surface area contributed by atoms with Gasteiger partial charge in [0.05, 0.1) is 41.9 Å². The molecular weight excluding hydrogens is 436 g/mol. The first-order chi connectivity index (χ1) is 16.3. The highest BCUT2D eigenvalue weighted by Gasteiger charge is 2.29. The predicted molar refractivity (Wildman–Crippen MR) is 126 cm³/mol. The Morgan fingerprint density at radius 2 is 2.00 bits per heavy atom. The molecule has 0 saturated heterocycles. The summed E-state index contributed by atoms with van der Waals surface area (Å²) in [6.45, 7) is 2.10. The molecule has 0 aliphatic heterocycles. The number of rotatable bonds is 9. The van der Waals surface area contributed by atoms with Gasteiger partial charge in [0, 0.05) is 18.7 Å². The second kappa shape index (κ2) is 10.8. The van der Waals surface area contributed by atoms with E-state index in [2.05, 4.69) is 5.10 Å². The number of hydrogen-bond donors (Lipinski definition) is 2. The Hall–Kier alpha value is -2.49. The highest BCUT2D eigenvalue weighted by molar-refractivity contribution is 5.70. The van der Waals surface area contributed by atoms with Crippen molar-refractivity contribution in [3.8, 4) is 17.0 Å². The number of aryl methyl sites for hydroxylation is 2. The molecule has 2 aromatic rings. The zero-order chi connectivity index (χ0) is 24.2. The maximum Gasteiger partial charge on any atom is 0.306 e. The number of carboxylic acids is 1. The van der Waals surface area contributed by atoms with E-state index in [0.717, 1.165) is 48.3 Å². The van der Waals surface area contributed by atoms with E-state index in [9.17, 15) is 15.0 Å². The van der Waals surface area contributed by atoms with E-state index in [1.54, 1.807) is 10.9 Å². The van der Waals surface area contributed by atoms with Gasteiger partial charge in [-0.1, -0.05) is 12.8 Å². The number of hydrogen-bond acceptors (Lipinski definition) is 7. The van der Waals surface area contributed by atoms with Gasteiger partial charge >= 0.3 is 5.97 Å². The summed E-state index contributed by atoms with van der Waals surface area (Å²) in [7, 11) is 3.75. The fourth-order valence-electron chi connectivity index (χ4n) is 5.09. The minimum Gasteiger partial charge on any atom is -0.489 e. The van der Waals surface area contributed by atoms with E-state index in [4.69, 9.17) is 14.5 Å². The molecule has 2 aliphatic rings. The lowest BCUT2D eigenvalue weighted by atomic mass is 9.87. The van der Waals surface area contributed by atoms with Crippen LogP contribution in [0.3, 0.4) is 0 Å². The highest BCUT2D eigenvalue weighted by Crippen LogP contribution is 2.31. The van der Waals surface area contributed by atoms with Crippen molar-refractivity contribution < 1.29 is 24.5 Å². The zero-order valence-electron chi connectivity index (χ0n) is 20.3.